The number of nitrogens with two attached hydrogens (primary N) is 1. The molecule has 31 heavy (non-hydrogen) atoms. The number of benzene rings is 1. The van der Waals surface area contributed by atoms with Gasteiger partial charge in [-0.3, -0.25) is 14.5 Å². The van der Waals surface area contributed by atoms with Crippen LogP contribution in [0.25, 0.3) is 0 Å². The zero-order valence-electron chi connectivity index (χ0n) is 18.8. The topological polar surface area (TPSA) is 73.1 Å². The molecule has 170 valence electrons. The fraction of sp³-hybridized carbons (Fsp3) is 0.667. The first-order valence-electron chi connectivity index (χ1n) is 11.9. The number of hydrogen-bond donors (Lipinski definition) is 1. The average molecular weight is 428 g/mol. The van der Waals surface area contributed by atoms with Crippen molar-refractivity contribution in [3.8, 4) is 0 Å². The minimum absolute atomic E-state index is 0.0156. The van der Waals surface area contributed by atoms with Crippen molar-refractivity contribution in [2.24, 2.45) is 11.7 Å². The molecule has 3 fully saturated rings. The first-order chi connectivity index (χ1) is 15.0. The number of likely N-dealkylation sites (N-methyl/N-ethyl adjacent to an activating group) is 1. The first-order valence-corrected chi connectivity index (χ1v) is 11.9. The highest BCUT2D eigenvalue weighted by molar-refractivity contribution is 5.94. The van der Waals surface area contributed by atoms with Crippen molar-refractivity contribution in [1.29, 1.82) is 0 Å². The zero-order chi connectivity index (χ0) is 21.8. The lowest BCUT2D eigenvalue weighted by molar-refractivity contribution is -0.123. The molecule has 2 N–H and O–H groups in total. The standard InChI is InChI=1S/C24H37N5O2/c1-2-26-14-16-28(17-15-26)24(31)19-5-7-21(8-6-19)27-12-9-22(10-13-27)29-11-3-4-20(18-29)23(25)30/h5-8,20,22H,2-4,9-18H2,1H3,(H2,25,30). The molecule has 3 saturated heterocycles. The van der Waals surface area contributed by atoms with Crippen LogP contribution >= 0.6 is 0 Å². The second-order valence-electron chi connectivity index (χ2n) is 9.23. The molecule has 0 saturated carbocycles. The van der Waals surface area contributed by atoms with E-state index in [1.165, 1.54) is 5.69 Å². The van der Waals surface area contributed by atoms with Gasteiger partial charge in [0.15, 0.2) is 0 Å². The van der Waals surface area contributed by atoms with Crippen LogP contribution in [0.5, 0.6) is 0 Å². The van der Waals surface area contributed by atoms with E-state index in [-0.39, 0.29) is 17.7 Å². The van der Waals surface area contributed by atoms with Crippen LogP contribution in [0.1, 0.15) is 43.0 Å². The number of nitrogens with zero attached hydrogens (tertiary/aromatic N) is 4. The number of hydrogen-bond acceptors (Lipinski definition) is 5. The fourth-order valence-corrected chi connectivity index (χ4v) is 5.32. The predicted molar refractivity (Wildman–Crippen MR) is 123 cm³/mol. The summed E-state index contributed by atoms with van der Waals surface area (Å²) in [5.74, 6) is 0.0148. The van der Waals surface area contributed by atoms with Crippen LogP contribution in [-0.2, 0) is 4.79 Å². The van der Waals surface area contributed by atoms with Crippen LogP contribution in [0, 0.1) is 5.92 Å². The second kappa shape index (κ2) is 10.0. The van der Waals surface area contributed by atoms with E-state index >= 15 is 0 Å². The molecular weight excluding hydrogens is 390 g/mol. The molecule has 3 aliphatic rings. The maximum Gasteiger partial charge on any atom is 0.253 e. The van der Waals surface area contributed by atoms with E-state index < -0.39 is 0 Å². The van der Waals surface area contributed by atoms with Gasteiger partial charge < -0.3 is 20.4 Å². The summed E-state index contributed by atoms with van der Waals surface area (Å²) >= 11 is 0. The Morgan fingerprint density at radius 3 is 2.23 bits per heavy atom. The van der Waals surface area contributed by atoms with E-state index in [2.05, 4.69) is 33.8 Å². The average Bonchev–Trinajstić information content (AvgIpc) is 2.84. The van der Waals surface area contributed by atoms with Gasteiger partial charge in [0, 0.05) is 63.1 Å². The molecule has 2 amide bonds. The SMILES string of the molecule is CCN1CCN(C(=O)c2ccc(N3CCC(N4CCCC(C(N)=O)C4)CC3)cc2)CC1. The maximum atomic E-state index is 12.8. The molecule has 1 aromatic rings. The lowest BCUT2D eigenvalue weighted by Gasteiger charge is -2.42. The Morgan fingerprint density at radius 1 is 0.935 bits per heavy atom. The third-order valence-corrected chi connectivity index (χ3v) is 7.42. The molecule has 7 heteroatoms. The molecule has 4 rings (SSSR count). The quantitative estimate of drug-likeness (QED) is 0.773. The Balaban J connectivity index is 1.28. The van der Waals surface area contributed by atoms with Gasteiger partial charge in [-0.1, -0.05) is 6.92 Å². The number of piperidine rings is 2. The molecule has 7 nitrogen and oxygen atoms in total. The van der Waals surface area contributed by atoms with E-state index in [0.29, 0.717) is 6.04 Å². The number of primary amides is 1. The van der Waals surface area contributed by atoms with E-state index in [4.69, 9.17) is 5.73 Å². The van der Waals surface area contributed by atoms with E-state index in [1.807, 2.05) is 17.0 Å². The van der Waals surface area contributed by atoms with Crippen molar-refractivity contribution in [3.05, 3.63) is 29.8 Å². The third kappa shape index (κ3) is 5.21. The van der Waals surface area contributed by atoms with Gasteiger partial charge in [-0.25, -0.2) is 0 Å². The lowest BCUT2D eigenvalue weighted by Crippen LogP contribution is -2.50. The summed E-state index contributed by atoms with van der Waals surface area (Å²) < 4.78 is 0. The van der Waals surface area contributed by atoms with E-state index in [9.17, 15) is 9.59 Å². The molecule has 0 spiro atoms. The van der Waals surface area contributed by atoms with Crippen molar-refractivity contribution in [1.82, 2.24) is 14.7 Å². The molecule has 1 aromatic carbocycles. The summed E-state index contributed by atoms with van der Waals surface area (Å²) in [5, 5.41) is 0. The molecule has 1 atom stereocenters. The highest BCUT2D eigenvalue weighted by atomic mass is 16.2. The van der Waals surface area contributed by atoms with Crippen LogP contribution < -0.4 is 10.6 Å². The smallest absolute Gasteiger partial charge is 0.253 e. The van der Waals surface area contributed by atoms with Crippen LogP contribution in [0.15, 0.2) is 24.3 Å². The molecule has 3 heterocycles. The van der Waals surface area contributed by atoms with Gasteiger partial charge in [-0.15, -0.1) is 0 Å². The Kier molecular flexibility index (Phi) is 7.13. The van der Waals surface area contributed by atoms with Crippen LogP contribution in [-0.4, -0.2) is 91.5 Å². The van der Waals surface area contributed by atoms with Crippen molar-refractivity contribution in [2.45, 2.75) is 38.6 Å². The highest BCUT2D eigenvalue weighted by Crippen LogP contribution is 2.26. The largest absolute Gasteiger partial charge is 0.371 e. The minimum atomic E-state index is -0.149. The second-order valence-corrected chi connectivity index (χ2v) is 9.23. The first kappa shape index (κ1) is 22.1. The minimum Gasteiger partial charge on any atom is -0.371 e. The maximum absolute atomic E-state index is 12.8. The van der Waals surface area contributed by atoms with E-state index in [0.717, 1.165) is 90.1 Å². The zero-order valence-corrected chi connectivity index (χ0v) is 18.8. The monoisotopic (exact) mass is 427 g/mol. The van der Waals surface area contributed by atoms with Crippen molar-refractivity contribution < 1.29 is 9.59 Å². The van der Waals surface area contributed by atoms with E-state index in [1.54, 1.807) is 0 Å². The molecule has 0 aromatic heterocycles. The van der Waals surface area contributed by atoms with Crippen molar-refractivity contribution in [3.63, 3.8) is 0 Å². The number of carbonyl (C=O) groups is 2. The number of anilines is 1. The molecule has 1 unspecified atom stereocenters. The summed E-state index contributed by atoms with van der Waals surface area (Å²) in [6.45, 7) is 10.7. The summed E-state index contributed by atoms with van der Waals surface area (Å²) in [6, 6.07) is 8.71. The van der Waals surface area contributed by atoms with Crippen LogP contribution in [0.4, 0.5) is 5.69 Å². The molecule has 0 aliphatic carbocycles. The molecule has 0 bridgehead atoms. The Bertz CT molecular complexity index is 752. The number of rotatable bonds is 5. The molecule has 3 aliphatic heterocycles. The van der Waals surface area contributed by atoms with Gasteiger partial charge in [-0.2, -0.15) is 0 Å². The number of likely N-dealkylation sites (tertiary alicyclic amines) is 1. The van der Waals surface area contributed by atoms with Crippen molar-refractivity contribution in [2.75, 3.05) is 63.8 Å². The number of piperazine rings is 1. The molecular formula is C24H37N5O2. The van der Waals surface area contributed by atoms with Gasteiger partial charge >= 0.3 is 0 Å². The third-order valence-electron chi connectivity index (χ3n) is 7.42. The van der Waals surface area contributed by atoms with Gasteiger partial charge in [-0.05, 0) is 63.0 Å². The van der Waals surface area contributed by atoms with Gasteiger partial charge in [0.1, 0.15) is 0 Å². The fourth-order valence-electron chi connectivity index (χ4n) is 5.32. The van der Waals surface area contributed by atoms with Gasteiger partial charge in [0.05, 0.1) is 5.92 Å². The predicted octanol–water partition coefficient (Wildman–Crippen LogP) is 1.63. The van der Waals surface area contributed by atoms with Crippen LogP contribution in [0.2, 0.25) is 0 Å². The van der Waals surface area contributed by atoms with Gasteiger partial charge in [0.2, 0.25) is 5.91 Å². The van der Waals surface area contributed by atoms with Crippen LogP contribution in [0.3, 0.4) is 0 Å². The number of carbonyl (C=O) groups excluding carboxylic acids is 2. The Morgan fingerprint density at radius 2 is 1.61 bits per heavy atom. The lowest BCUT2D eigenvalue weighted by atomic mass is 9.93. The normalized spacial score (nSPS) is 24.4. The summed E-state index contributed by atoms with van der Waals surface area (Å²) in [5.41, 5.74) is 7.53. The molecule has 0 radical (unpaired) electrons. The summed E-state index contributed by atoms with van der Waals surface area (Å²) in [4.78, 5) is 33.7. The number of amides is 2. The van der Waals surface area contributed by atoms with Crippen molar-refractivity contribution >= 4 is 17.5 Å². The highest BCUT2D eigenvalue weighted by Gasteiger charge is 2.31. The van der Waals surface area contributed by atoms with Gasteiger partial charge in [0.25, 0.3) is 5.91 Å². The Labute approximate surface area is 186 Å². The Hall–Kier alpha value is -2.12. The summed E-state index contributed by atoms with van der Waals surface area (Å²) in [6.07, 6.45) is 4.21. The summed E-state index contributed by atoms with van der Waals surface area (Å²) in [7, 11) is 0.